The predicted molar refractivity (Wildman–Crippen MR) is 129 cm³/mol. The molecule has 0 atom stereocenters. The van der Waals surface area contributed by atoms with Crippen LogP contribution in [0.5, 0.6) is 0 Å². The van der Waals surface area contributed by atoms with Crippen molar-refractivity contribution in [2.75, 3.05) is 18.4 Å². The third-order valence-electron chi connectivity index (χ3n) is 4.92. The minimum absolute atomic E-state index is 0.0618. The number of hydrogen-bond donors (Lipinski definition) is 1. The van der Waals surface area contributed by atoms with Crippen LogP contribution in [0.15, 0.2) is 45.8 Å². The van der Waals surface area contributed by atoms with Gasteiger partial charge in [0.2, 0.25) is 10.0 Å². The van der Waals surface area contributed by atoms with Crippen LogP contribution >= 0.6 is 0 Å². The molecular weight excluding hydrogens is 456 g/mol. The van der Waals surface area contributed by atoms with E-state index < -0.39 is 15.9 Å². The Kier molecular flexibility index (Phi) is 7.88. The van der Waals surface area contributed by atoms with Crippen molar-refractivity contribution in [2.45, 2.75) is 52.5 Å². The third-order valence-corrected chi connectivity index (χ3v) is 6.76. The number of aromatic nitrogens is 4. The van der Waals surface area contributed by atoms with Gasteiger partial charge in [0.25, 0.3) is 11.8 Å². The minimum atomic E-state index is -3.67. The first-order valence-electron chi connectivity index (χ1n) is 11.3. The highest BCUT2D eigenvalue weighted by Crippen LogP contribution is 2.23. The zero-order valence-corrected chi connectivity index (χ0v) is 21.2. The van der Waals surface area contributed by atoms with E-state index >= 15 is 0 Å². The van der Waals surface area contributed by atoms with Crippen molar-refractivity contribution in [3.05, 3.63) is 42.1 Å². The van der Waals surface area contributed by atoms with Crippen molar-refractivity contribution in [1.29, 1.82) is 0 Å². The summed E-state index contributed by atoms with van der Waals surface area (Å²) in [6.07, 6.45) is 1.64. The highest BCUT2D eigenvalue weighted by atomic mass is 32.2. The molecule has 1 amide bonds. The van der Waals surface area contributed by atoms with E-state index in [1.54, 1.807) is 16.9 Å². The molecule has 2 heterocycles. The molecule has 0 fully saturated rings. The number of amides is 1. The molecule has 0 spiro atoms. The van der Waals surface area contributed by atoms with E-state index in [9.17, 15) is 13.2 Å². The number of hydrogen-bond acceptors (Lipinski definition) is 7. The molecule has 2 aromatic heterocycles. The van der Waals surface area contributed by atoms with Gasteiger partial charge in [-0.1, -0.05) is 32.8 Å². The van der Waals surface area contributed by atoms with E-state index in [2.05, 4.69) is 20.6 Å². The fourth-order valence-corrected chi connectivity index (χ4v) is 5.22. The molecule has 0 bridgehead atoms. The molecule has 0 unspecified atom stereocenters. The van der Waals surface area contributed by atoms with Crippen LogP contribution < -0.4 is 5.32 Å². The van der Waals surface area contributed by atoms with Crippen molar-refractivity contribution < 1.29 is 17.6 Å². The van der Waals surface area contributed by atoms with Gasteiger partial charge in [-0.05, 0) is 56.0 Å². The lowest BCUT2D eigenvalue weighted by Gasteiger charge is -2.25. The van der Waals surface area contributed by atoms with E-state index in [1.165, 1.54) is 28.6 Å². The summed E-state index contributed by atoms with van der Waals surface area (Å²) in [5.41, 5.74) is 0.912. The number of carbonyl (C=O) groups is 1. The number of nitrogens with zero attached hydrogens (tertiary/aromatic N) is 5. The normalized spacial score (nSPS) is 12.3. The summed E-state index contributed by atoms with van der Waals surface area (Å²) in [4.78, 5) is 12.8. The molecule has 34 heavy (non-hydrogen) atoms. The first-order chi connectivity index (χ1) is 16.0. The SMILES string of the molecule is CC(C)CN(CC(C)C)S(=O)(=O)c1ccc(C(=O)Nc2nnc(-c3ccnn3C(C)C)o2)cc1. The maximum atomic E-state index is 13.2. The summed E-state index contributed by atoms with van der Waals surface area (Å²) in [6.45, 7) is 12.7. The molecule has 1 N–H and O–H groups in total. The van der Waals surface area contributed by atoms with E-state index in [-0.39, 0.29) is 40.2 Å². The lowest BCUT2D eigenvalue weighted by molar-refractivity contribution is 0.102. The van der Waals surface area contributed by atoms with Gasteiger partial charge in [0.05, 0.1) is 4.90 Å². The smallest absolute Gasteiger partial charge is 0.322 e. The summed E-state index contributed by atoms with van der Waals surface area (Å²) in [5, 5.41) is 14.6. The van der Waals surface area contributed by atoms with Crippen LogP contribution in [0.4, 0.5) is 6.01 Å². The van der Waals surface area contributed by atoms with Crippen LogP contribution in [0, 0.1) is 11.8 Å². The average molecular weight is 489 g/mol. The Bertz CT molecular complexity index is 1200. The zero-order valence-electron chi connectivity index (χ0n) is 20.4. The van der Waals surface area contributed by atoms with Gasteiger partial charge in [-0.3, -0.25) is 14.8 Å². The van der Waals surface area contributed by atoms with Gasteiger partial charge in [0.15, 0.2) is 0 Å². The quantitative estimate of drug-likeness (QED) is 0.456. The molecule has 0 saturated carbocycles. The van der Waals surface area contributed by atoms with Gasteiger partial charge in [0.1, 0.15) is 5.69 Å². The van der Waals surface area contributed by atoms with E-state index in [4.69, 9.17) is 4.42 Å². The number of carbonyl (C=O) groups excluding carboxylic acids is 1. The van der Waals surface area contributed by atoms with Gasteiger partial charge >= 0.3 is 6.01 Å². The van der Waals surface area contributed by atoms with Crippen molar-refractivity contribution in [3.8, 4) is 11.6 Å². The standard InChI is InChI=1S/C23H32N6O4S/c1-15(2)13-28(14-16(3)4)34(31,32)19-9-7-18(8-10-19)21(30)25-23-27-26-22(33-23)20-11-12-24-29(20)17(5)6/h7-12,15-17H,13-14H2,1-6H3,(H,25,27,30). The van der Waals surface area contributed by atoms with Crippen LogP contribution in [0.3, 0.4) is 0 Å². The molecule has 0 aliphatic heterocycles. The second-order valence-electron chi connectivity index (χ2n) is 9.26. The molecule has 11 heteroatoms. The topological polar surface area (TPSA) is 123 Å². The molecule has 0 aliphatic carbocycles. The Balaban J connectivity index is 1.74. The largest absolute Gasteiger partial charge is 0.401 e. The summed E-state index contributed by atoms with van der Waals surface area (Å²) in [6, 6.07) is 7.61. The summed E-state index contributed by atoms with van der Waals surface area (Å²) in [5.74, 6) is 0.130. The Morgan fingerprint density at radius 1 is 1.00 bits per heavy atom. The van der Waals surface area contributed by atoms with Gasteiger partial charge < -0.3 is 4.42 Å². The molecule has 184 valence electrons. The van der Waals surface area contributed by atoms with Gasteiger partial charge in [0, 0.05) is 30.9 Å². The molecule has 0 radical (unpaired) electrons. The van der Waals surface area contributed by atoms with Crippen molar-refractivity contribution in [1.82, 2.24) is 24.3 Å². The fraction of sp³-hybridized carbons (Fsp3) is 0.478. The summed E-state index contributed by atoms with van der Waals surface area (Å²) >= 11 is 0. The third kappa shape index (κ3) is 5.89. The number of sulfonamides is 1. The lowest BCUT2D eigenvalue weighted by atomic mass is 10.2. The number of rotatable bonds is 10. The molecule has 3 rings (SSSR count). The molecule has 1 aromatic carbocycles. The van der Waals surface area contributed by atoms with E-state index in [1.807, 2.05) is 41.5 Å². The van der Waals surface area contributed by atoms with Crippen LogP contribution in [-0.2, 0) is 10.0 Å². The number of benzene rings is 1. The maximum Gasteiger partial charge on any atom is 0.322 e. The maximum absolute atomic E-state index is 13.2. The van der Waals surface area contributed by atoms with Gasteiger partial charge in [-0.2, -0.15) is 9.40 Å². The van der Waals surface area contributed by atoms with Gasteiger partial charge in [-0.15, -0.1) is 5.10 Å². The van der Waals surface area contributed by atoms with Crippen LogP contribution in [-0.4, -0.2) is 51.7 Å². The average Bonchev–Trinajstić information content (AvgIpc) is 3.42. The van der Waals surface area contributed by atoms with Crippen molar-refractivity contribution in [3.63, 3.8) is 0 Å². The molecule has 10 nitrogen and oxygen atoms in total. The Morgan fingerprint density at radius 3 is 2.18 bits per heavy atom. The molecule has 3 aromatic rings. The van der Waals surface area contributed by atoms with E-state index in [0.717, 1.165) is 0 Å². The summed E-state index contributed by atoms with van der Waals surface area (Å²) < 4.78 is 35.1. The Morgan fingerprint density at radius 2 is 1.62 bits per heavy atom. The Hall–Kier alpha value is -3.05. The number of anilines is 1. The van der Waals surface area contributed by atoms with Crippen LogP contribution in [0.2, 0.25) is 0 Å². The lowest BCUT2D eigenvalue weighted by Crippen LogP contribution is -2.37. The van der Waals surface area contributed by atoms with E-state index in [0.29, 0.717) is 18.8 Å². The summed E-state index contributed by atoms with van der Waals surface area (Å²) in [7, 11) is -3.67. The van der Waals surface area contributed by atoms with Gasteiger partial charge in [-0.25, -0.2) is 8.42 Å². The molecule has 0 saturated heterocycles. The first kappa shape index (κ1) is 25.6. The minimum Gasteiger partial charge on any atom is -0.401 e. The van der Waals surface area contributed by atoms with Crippen LogP contribution in [0.25, 0.3) is 11.6 Å². The fourth-order valence-electron chi connectivity index (χ4n) is 3.45. The predicted octanol–water partition coefficient (Wildman–Crippen LogP) is 4.07. The second kappa shape index (κ2) is 10.5. The second-order valence-corrected chi connectivity index (χ2v) is 11.2. The highest BCUT2D eigenvalue weighted by molar-refractivity contribution is 7.89. The zero-order chi connectivity index (χ0) is 25.0. The van der Waals surface area contributed by atoms with Crippen molar-refractivity contribution >= 4 is 21.9 Å². The monoisotopic (exact) mass is 488 g/mol. The van der Waals surface area contributed by atoms with Crippen molar-refractivity contribution in [2.24, 2.45) is 11.8 Å². The van der Waals surface area contributed by atoms with Crippen LogP contribution in [0.1, 0.15) is 57.9 Å². The molecule has 0 aliphatic rings. The molecular formula is C23H32N6O4S. The first-order valence-corrected chi connectivity index (χ1v) is 12.7. The number of nitrogens with one attached hydrogen (secondary N) is 1. The Labute approximate surface area is 200 Å². The highest BCUT2D eigenvalue weighted by Gasteiger charge is 2.26.